The van der Waals surface area contributed by atoms with Crippen LogP contribution < -0.4 is 5.56 Å². The summed E-state index contributed by atoms with van der Waals surface area (Å²) in [6, 6.07) is 3.21. The average molecular weight is 366 g/mol. The van der Waals surface area contributed by atoms with Crippen LogP contribution in [0.5, 0.6) is 0 Å². The van der Waals surface area contributed by atoms with Crippen molar-refractivity contribution in [1.82, 2.24) is 19.7 Å². The molecule has 4 rings (SSSR count). The van der Waals surface area contributed by atoms with Gasteiger partial charge in [0.2, 0.25) is 0 Å². The SMILES string of the molecule is Cc1ccc(C(=O)N2C[C@H]3Cc4c(C(F)(F)F)n[nH]c4[C@H]3C2)c(=O)n1C. The van der Waals surface area contributed by atoms with Crippen molar-refractivity contribution in [3.05, 3.63) is 50.7 Å². The van der Waals surface area contributed by atoms with Gasteiger partial charge in [-0.3, -0.25) is 14.7 Å². The molecule has 138 valence electrons. The second-order valence-corrected chi connectivity index (χ2v) is 7.00. The van der Waals surface area contributed by atoms with Gasteiger partial charge in [-0.25, -0.2) is 0 Å². The number of hydrogen-bond acceptors (Lipinski definition) is 3. The normalized spacial score (nSPS) is 21.8. The van der Waals surface area contributed by atoms with Crippen LogP contribution in [0.15, 0.2) is 16.9 Å². The molecule has 2 aromatic heterocycles. The van der Waals surface area contributed by atoms with Gasteiger partial charge in [0.05, 0.1) is 0 Å². The minimum absolute atomic E-state index is 0.0823. The lowest BCUT2D eigenvalue weighted by molar-refractivity contribution is -0.141. The van der Waals surface area contributed by atoms with Gasteiger partial charge in [0.25, 0.3) is 11.5 Å². The first-order chi connectivity index (χ1) is 12.2. The third kappa shape index (κ3) is 2.37. The summed E-state index contributed by atoms with van der Waals surface area (Å²) in [5.41, 5.74) is 0.284. The number of pyridine rings is 1. The number of fused-ring (bicyclic) bond motifs is 3. The second kappa shape index (κ2) is 5.46. The van der Waals surface area contributed by atoms with E-state index in [4.69, 9.17) is 0 Å². The zero-order chi connectivity index (χ0) is 18.8. The van der Waals surface area contributed by atoms with Gasteiger partial charge >= 0.3 is 6.18 Å². The van der Waals surface area contributed by atoms with Gasteiger partial charge in [-0.05, 0) is 31.4 Å². The summed E-state index contributed by atoms with van der Waals surface area (Å²) in [6.45, 7) is 2.39. The predicted molar refractivity (Wildman–Crippen MR) is 85.8 cm³/mol. The molecule has 1 amide bonds. The fourth-order valence-corrected chi connectivity index (χ4v) is 4.02. The van der Waals surface area contributed by atoms with Crippen LogP contribution >= 0.6 is 0 Å². The van der Waals surface area contributed by atoms with Crippen LogP contribution in [-0.2, 0) is 19.6 Å². The van der Waals surface area contributed by atoms with E-state index < -0.39 is 11.9 Å². The Morgan fingerprint density at radius 2 is 2.04 bits per heavy atom. The fourth-order valence-electron chi connectivity index (χ4n) is 4.02. The van der Waals surface area contributed by atoms with Crippen molar-refractivity contribution in [2.45, 2.75) is 25.4 Å². The molecule has 1 aliphatic heterocycles. The first kappa shape index (κ1) is 16.9. The summed E-state index contributed by atoms with van der Waals surface area (Å²) < 4.78 is 40.4. The van der Waals surface area contributed by atoms with Gasteiger partial charge in [0.1, 0.15) is 5.56 Å². The smallest absolute Gasteiger partial charge is 0.337 e. The molecule has 0 bridgehead atoms. The van der Waals surface area contributed by atoms with Crippen LogP contribution in [0.2, 0.25) is 0 Å². The summed E-state index contributed by atoms with van der Waals surface area (Å²) in [5.74, 6) is -0.664. The second-order valence-electron chi connectivity index (χ2n) is 7.00. The molecule has 3 heterocycles. The Labute approximate surface area is 146 Å². The van der Waals surface area contributed by atoms with E-state index in [0.717, 1.165) is 5.69 Å². The minimum Gasteiger partial charge on any atom is -0.337 e. The van der Waals surface area contributed by atoms with Crippen LogP contribution in [0.3, 0.4) is 0 Å². The number of nitrogens with one attached hydrogen (secondary N) is 1. The molecule has 1 N–H and O–H groups in total. The van der Waals surface area contributed by atoms with E-state index in [1.807, 2.05) is 0 Å². The number of H-pyrrole nitrogens is 1. The lowest BCUT2D eigenvalue weighted by Gasteiger charge is -2.18. The van der Waals surface area contributed by atoms with Gasteiger partial charge < -0.3 is 9.47 Å². The number of carbonyl (C=O) groups is 1. The van der Waals surface area contributed by atoms with Crippen LogP contribution in [-0.4, -0.2) is 38.7 Å². The Balaban J connectivity index is 1.60. The summed E-state index contributed by atoms with van der Waals surface area (Å²) in [6.07, 6.45) is -4.24. The van der Waals surface area contributed by atoms with Crippen molar-refractivity contribution in [1.29, 1.82) is 0 Å². The summed E-state index contributed by atoms with van der Waals surface area (Å²) >= 11 is 0. The van der Waals surface area contributed by atoms with Crippen molar-refractivity contribution in [3.63, 3.8) is 0 Å². The highest BCUT2D eigenvalue weighted by Gasteiger charge is 2.48. The number of amides is 1. The van der Waals surface area contributed by atoms with Crippen LogP contribution in [0, 0.1) is 12.8 Å². The quantitative estimate of drug-likeness (QED) is 0.837. The number of aryl methyl sites for hydroxylation is 1. The Kier molecular flexibility index (Phi) is 3.54. The molecular formula is C17H17F3N4O2. The number of halogens is 3. The first-order valence-corrected chi connectivity index (χ1v) is 8.28. The largest absolute Gasteiger partial charge is 0.435 e. The zero-order valence-electron chi connectivity index (χ0n) is 14.2. The van der Waals surface area contributed by atoms with Crippen molar-refractivity contribution >= 4 is 5.91 Å². The standard InChI is InChI=1S/C17H17F3N4O2/c1-8-3-4-10(15(25)23(8)2)16(26)24-6-9-5-11-13(12(9)7-24)21-22-14(11)17(18,19)20/h3-4,9,12H,5-7H2,1-2H3,(H,21,22)/t9-,12+/m1/s1. The van der Waals surface area contributed by atoms with Crippen LogP contribution in [0.4, 0.5) is 13.2 Å². The van der Waals surface area contributed by atoms with E-state index in [-0.39, 0.29) is 47.4 Å². The highest BCUT2D eigenvalue weighted by molar-refractivity contribution is 5.94. The number of nitrogens with zero attached hydrogens (tertiary/aromatic N) is 3. The number of aromatic amines is 1. The summed E-state index contributed by atoms with van der Waals surface area (Å²) in [7, 11) is 1.60. The Hall–Kier alpha value is -2.58. The number of likely N-dealkylation sites (tertiary alicyclic amines) is 1. The van der Waals surface area contributed by atoms with E-state index in [1.54, 1.807) is 24.9 Å². The molecule has 9 heteroatoms. The number of hydrogen-bond donors (Lipinski definition) is 1. The van der Waals surface area contributed by atoms with Gasteiger partial charge in [-0.1, -0.05) is 0 Å². The van der Waals surface area contributed by atoms with Gasteiger partial charge in [-0.15, -0.1) is 0 Å². The number of aromatic nitrogens is 3. The van der Waals surface area contributed by atoms with Crippen molar-refractivity contribution < 1.29 is 18.0 Å². The van der Waals surface area contributed by atoms with Crippen LogP contribution in [0.25, 0.3) is 0 Å². The third-order valence-electron chi connectivity index (χ3n) is 5.52. The van der Waals surface area contributed by atoms with Gasteiger partial charge in [0, 0.05) is 43.0 Å². The highest BCUT2D eigenvalue weighted by Crippen LogP contribution is 2.46. The number of rotatable bonds is 1. The summed E-state index contributed by atoms with van der Waals surface area (Å²) in [5, 5.41) is 5.94. The summed E-state index contributed by atoms with van der Waals surface area (Å²) in [4.78, 5) is 26.6. The van der Waals surface area contributed by atoms with E-state index in [1.165, 1.54) is 10.6 Å². The molecule has 0 aromatic carbocycles. The molecule has 2 atom stereocenters. The lowest BCUT2D eigenvalue weighted by Crippen LogP contribution is -2.35. The predicted octanol–water partition coefficient (Wildman–Crippen LogP) is 1.85. The topological polar surface area (TPSA) is 71.0 Å². The molecule has 1 saturated heterocycles. The number of carbonyl (C=O) groups excluding carboxylic acids is 1. The zero-order valence-corrected chi connectivity index (χ0v) is 14.2. The van der Waals surface area contributed by atoms with Crippen molar-refractivity contribution in [3.8, 4) is 0 Å². The van der Waals surface area contributed by atoms with E-state index in [2.05, 4.69) is 10.2 Å². The highest BCUT2D eigenvalue weighted by atomic mass is 19.4. The molecule has 2 aromatic rings. The molecule has 6 nitrogen and oxygen atoms in total. The Morgan fingerprint density at radius 1 is 1.31 bits per heavy atom. The van der Waals surface area contributed by atoms with Gasteiger partial charge in [0.15, 0.2) is 5.69 Å². The average Bonchev–Trinajstić information content (AvgIpc) is 3.21. The molecule has 0 saturated carbocycles. The van der Waals surface area contributed by atoms with Crippen molar-refractivity contribution in [2.75, 3.05) is 13.1 Å². The first-order valence-electron chi connectivity index (χ1n) is 8.28. The molecule has 0 unspecified atom stereocenters. The maximum absolute atomic E-state index is 13.0. The molecule has 1 fully saturated rings. The number of alkyl halides is 3. The fraction of sp³-hybridized carbons (Fsp3) is 0.471. The molecular weight excluding hydrogens is 349 g/mol. The Morgan fingerprint density at radius 3 is 2.73 bits per heavy atom. The van der Waals surface area contributed by atoms with Gasteiger partial charge in [-0.2, -0.15) is 18.3 Å². The van der Waals surface area contributed by atoms with Crippen LogP contribution in [0.1, 0.15) is 38.9 Å². The monoisotopic (exact) mass is 366 g/mol. The minimum atomic E-state index is -4.48. The molecule has 2 aliphatic rings. The van der Waals surface area contributed by atoms with E-state index >= 15 is 0 Å². The molecule has 0 spiro atoms. The molecule has 0 radical (unpaired) electrons. The third-order valence-corrected chi connectivity index (χ3v) is 5.52. The van der Waals surface area contributed by atoms with Crippen molar-refractivity contribution in [2.24, 2.45) is 13.0 Å². The maximum Gasteiger partial charge on any atom is 0.435 e. The Bertz CT molecular complexity index is 960. The maximum atomic E-state index is 13.0. The van der Waals surface area contributed by atoms with E-state index in [9.17, 15) is 22.8 Å². The molecule has 1 aliphatic carbocycles. The molecule has 26 heavy (non-hydrogen) atoms. The van der Waals surface area contributed by atoms with E-state index in [0.29, 0.717) is 12.2 Å². The lowest BCUT2D eigenvalue weighted by atomic mass is 9.99.